The first-order valence-electron chi connectivity index (χ1n) is 10.2. The average molecular weight is 420 g/mol. The molecule has 0 saturated carbocycles. The Kier molecular flexibility index (Phi) is 5.94. The summed E-state index contributed by atoms with van der Waals surface area (Å²) in [6.07, 6.45) is 0.271. The molecule has 4 rings (SSSR count). The van der Waals surface area contributed by atoms with Crippen LogP contribution in [0.3, 0.4) is 0 Å². The number of nitrogens with one attached hydrogen (secondary N) is 1. The van der Waals surface area contributed by atoms with Crippen molar-refractivity contribution in [2.24, 2.45) is 0 Å². The zero-order valence-corrected chi connectivity index (χ0v) is 17.2. The number of benzene rings is 1. The van der Waals surface area contributed by atoms with E-state index < -0.39 is 13.0 Å². The number of ether oxygens (including phenoxy) is 3. The van der Waals surface area contributed by atoms with Gasteiger partial charge in [0.25, 0.3) is 12.0 Å². The van der Waals surface area contributed by atoms with Gasteiger partial charge in [-0.2, -0.15) is 0 Å². The Morgan fingerprint density at radius 1 is 1.30 bits per heavy atom. The maximum atomic E-state index is 12.8. The largest absolute Gasteiger partial charge is 0.493 e. The second kappa shape index (κ2) is 8.63. The van der Waals surface area contributed by atoms with E-state index in [1.165, 1.54) is 7.11 Å². The molecule has 1 aromatic heterocycles. The van der Waals surface area contributed by atoms with Crippen LogP contribution in [0.4, 0.5) is 14.5 Å². The first kappa shape index (κ1) is 20.7. The summed E-state index contributed by atoms with van der Waals surface area (Å²) >= 11 is 0. The van der Waals surface area contributed by atoms with Gasteiger partial charge in [0, 0.05) is 37.0 Å². The summed E-state index contributed by atoms with van der Waals surface area (Å²) in [7, 11) is 1.47. The summed E-state index contributed by atoms with van der Waals surface area (Å²) < 4.78 is 43.3. The third kappa shape index (κ3) is 4.01. The topological polar surface area (TPSA) is 61.7 Å². The maximum absolute atomic E-state index is 12.8. The van der Waals surface area contributed by atoms with Gasteiger partial charge in [0.2, 0.25) is 0 Å². The molecule has 1 atom stereocenters. The smallest absolute Gasteiger partial charge is 0.272 e. The first-order valence-corrected chi connectivity index (χ1v) is 10.2. The Bertz CT molecular complexity index is 984. The summed E-state index contributed by atoms with van der Waals surface area (Å²) in [5.74, 6) is 0.657. The van der Waals surface area contributed by atoms with Crippen LogP contribution in [0.5, 0.6) is 11.5 Å². The number of nitrogens with zero attached hydrogens (tertiary/aromatic N) is 1. The van der Waals surface area contributed by atoms with Crippen LogP contribution in [-0.2, 0) is 17.7 Å². The van der Waals surface area contributed by atoms with Crippen LogP contribution in [0.2, 0.25) is 0 Å². The number of hydrogen-bond donors (Lipinski definition) is 1. The molecule has 2 aromatic rings. The lowest BCUT2D eigenvalue weighted by molar-refractivity contribution is 0.0804. The summed E-state index contributed by atoms with van der Waals surface area (Å²) in [4.78, 5) is 12.8. The van der Waals surface area contributed by atoms with Gasteiger partial charge in [0.1, 0.15) is 6.61 Å². The number of aromatic nitrogens is 1. The van der Waals surface area contributed by atoms with Crippen LogP contribution in [-0.4, -0.2) is 44.0 Å². The van der Waals surface area contributed by atoms with Crippen molar-refractivity contribution in [3.63, 3.8) is 0 Å². The molecule has 2 aliphatic rings. The first-order chi connectivity index (χ1) is 14.5. The Morgan fingerprint density at radius 2 is 2.13 bits per heavy atom. The lowest BCUT2D eigenvalue weighted by atomic mass is 9.93. The van der Waals surface area contributed by atoms with E-state index in [4.69, 9.17) is 14.2 Å². The quantitative estimate of drug-likeness (QED) is 0.741. The van der Waals surface area contributed by atoms with E-state index in [1.54, 1.807) is 22.8 Å². The van der Waals surface area contributed by atoms with Crippen LogP contribution >= 0.6 is 0 Å². The predicted molar refractivity (Wildman–Crippen MR) is 110 cm³/mol. The van der Waals surface area contributed by atoms with E-state index in [-0.39, 0.29) is 17.4 Å². The lowest BCUT2D eigenvalue weighted by Gasteiger charge is -2.27. The summed E-state index contributed by atoms with van der Waals surface area (Å²) in [6, 6.07) is 5.16. The second-order valence-corrected chi connectivity index (χ2v) is 7.65. The van der Waals surface area contributed by atoms with Crippen LogP contribution < -0.4 is 20.3 Å². The van der Waals surface area contributed by atoms with Gasteiger partial charge >= 0.3 is 0 Å². The van der Waals surface area contributed by atoms with E-state index >= 15 is 0 Å². The molecule has 1 fully saturated rings. The number of hydrogen-bond acceptors (Lipinski definition) is 5. The molecular formula is C22H26F2N2O4. The van der Waals surface area contributed by atoms with E-state index in [9.17, 15) is 13.6 Å². The monoisotopic (exact) mass is 420 g/mol. The fraction of sp³-hybridized carbons (Fsp3) is 0.500. The molecule has 1 saturated heterocycles. The molecule has 1 N–H and O–H groups in total. The Hall–Kier alpha value is -2.61. The molecule has 0 bridgehead atoms. The van der Waals surface area contributed by atoms with Crippen LogP contribution in [0.15, 0.2) is 23.0 Å². The number of anilines is 1. The third-order valence-electron chi connectivity index (χ3n) is 5.72. The minimum atomic E-state index is -2.57. The molecule has 0 radical (unpaired) electrons. The summed E-state index contributed by atoms with van der Waals surface area (Å²) in [5, 5.41) is 3.37. The highest BCUT2D eigenvalue weighted by Gasteiger charge is 2.24. The predicted octanol–water partition coefficient (Wildman–Crippen LogP) is 3.62. The Morgan fingerprint density at radius 3 is 2.83 bits per heavy atom. The zero-order chi connectivity index (χ0) is 21.3. The average Bonchev–Trinajstić information content (AvgIpc) is 3.26. The maximum Gasteiger partial charge on any atom is 0.272 e. The van der Waals surface area contributed by atoms with Crippen LogP contribution in [0, 0.1) is 6.92 Å². The van der Waals surface area contributed by atoms with Crippen molar-refractivity contribution in [3.8, 4) is 22.8 Å². The normalized spacial score (nSPS) is 17.6. The summed E-state index contributed by atoms with van der Waals surface area (Å²) in [5.41, 5.74) is 4.28. The second-order valence-electron chi connectivity index (χ2n) is 7.65. The number of fused-ring (bicyclic) bond motifs is 3. The van der Waals surface area contributed by atoms with Crippen molar-refractivity contribution in [2.45, 2.75) is 45.3 Å². The minimum Gasteiger partial charge on any atom is -0.493 e. The molecule has 30 heavy (non-hydrogen) atoms. The van der Waals surface area contributed by atoms with Gasteiger partial charge < -0.3 is 24.1 Å². The molecule has 0 spiro atoms. The van der Waals surface area contributed by atoms with Crippen molar-refractivity contribution in [1.29, 1.82) is 0 Å². The SMILES string of the molecule is COc1cc2c(cc1OCC(F)F)CCn1c-2c(C)c(NCC2CCCO2)cc1=O. The summed E-state index contributed by atoms with van der Waals surface area (Å²) in [6.45, 7) is 3.24. The van der Waals surface area contributed by atoms with Crippen LogP contribution in [0.1, 0.15) is 24.0 Å². The molecule has 0 aliphatic carbocycles. The van der Waals surface area contributed by atoms with Gasteiger partial charge in [-0.15, -0.1) is 0 Å². The lowest BCUT2D eigenvalue weighted by Crippen LogP contribution is -2.28. The Labute approximate surface area is 173 Å². The number of pyridine rings is 1. The van der Waals surface area contributed by atoms with Gasteiger partial charge in [-0.3, -0.25) is 4.79 Å². The number of aryl methyl sites for hydroxylation is 1. The number of rotatable bonds is 7. The number of methoxy groups -OCH3 is 1. The molecule has 3 heterocycles. The molecule has 2 aliphatic heterocycles. The molecule has 1 unspecified atom stereocenters. The fourth-order valence-corrected chi connectivity index (χ4v) is 4.22. The van der Waals surface area contributed by atoms with E-state index in [0.717, 1.165) is 47.5 Å². The molecule has 6 nitrogen and oxygen atoms in total. The van der Waals surface area contributed by atoms with Crippen molar-refractivity contribution >= 4 is 5.69 Å². The van der Waals surface area contributed by atoms with Crippen molar-refractivity contribution in [3.05, 3.63) is 39.7 Å². The zero-order valence-electron chi connectivity index (χ0n) is 17.2. The standard InChI is InChI=1S/C22H26F2N2O4/c1-13-17(25-11-15-4-3-7-29-15)10-21(27)26-6-5-14-8-19(30-12-20(23)24)18(28-2)9-16(14)22(13)26/h8-10,15,20,25H,3-7,11-12H2,1-2H3. The highest BCUT2D eigenvalue weighted by molar-refractivity contribution is 5.76. The fourth-order valence-electron chi connectivity index (χ4n) is 4.22. The number of alkyl halides is 2. The molecule has 8 heteroatoms. The van der Waals surface area contributed by atoms with Crippen molar-refractivity contribution < 1.29 is 23.0 Å². The van der Waals surface area contributed by atoms with E-state index in [0.29, 0.717) is 25.3 Å². The molecular weight excluding hydrogens is 394 g/mol. The van der Waals surface area contributed by atoms with E-state index in [1.807, 2.05) is 6.92 Å². The Balaban J connectivity index is 1.71. The number of halogens is 2. The third-order valence-corrected chi connectivity index (χ3v) is 5.72. The van der Waals surface area contributed by atoms with Gasteiger partial charge in [-0.25, -0.2) is 8.78 Å². The van der Waals surface area contributed by atoms with Gasteiger partial charge in [-0.1, -0.05) is 0 Å². The minimum absolute atomic E-state index is 0.0758. The van der Waals surface area contributed by atoms with Gasteiger partial charge in [0.05, 0.1) is 18.9 Å². The van der Waals surface area contributed by atoms with Gasteiger partial charge in [0.15, 0.2) is 11.5 Å². The van der Waals surface area contributed by atoms with Crippen molar-refractivity contribution in [1.82, 2.24) is 4.57 Å². The highest BCUT2D eigenvalue weighted by Crippen LogP contribution is 2.40. The molecule has 162 valence electrons. The van der Waals surface area contributed by atoms with Gasteiger partial charge in [-0.05, 0) is 49.4 Å². The highest BCUT2D eigenvalue weighted by atomic mass is 19.3. The molecule has 1 aromatic carbocycles. The van der Waals surface area contributed by atoms with Crippen LogP contribution in [0.25, 0.3) is 11.3 Å². The van der Waals surface area contributed by atoms with E-state index in [2.05, 4.69) is 5.32 Å². The molecule has 0 amide bonds. The van der Waals surface area contributed by atoms with Crippen molar-refractivity contribution in [2.75, 3.05) is 32.2 Å².